The molecule has 0 aromatic carbocycles. The quantitative estimate of drug-likeness (QED) is 0.817. The maximum absolute atomic E-state index is 5.76. The summed E-state index contributed by atoms with van der Waals surface area (Å²) in [6.07, 6.45) is 5.99. The molecule has 2 heterocycles. The lowest BCUT2D eigenvalue weighted by molar-refractivity contribution is 0.608. The Kier molecular flexibility index (Phi) is 2.62. The molecule has 5 nitrogen and oxygen atoms in total. The van der Waals surface area contributed by atoms with Gasteiger partial charge in [0.1, 0.15) is 5.69 Å². The van der Waals surface area contributed by atoms with Crippen LogP contribution in [0.4, 0.5) is 5.82 Å². The van der Waals surface area contributed by atoms with Gasteiger partial charge in [-0.05, 0) is 12.5 Å². The lowest BCUT2D eigenvalue weighted by Crippen LogP contribution is -2.04. The van der Waals surface area contributed by atoms with Gasteiger partial charge in [0.05, 0.1) is 5.69 Å². The summed E-state index contributed by atoms with van der Waals surface area (Å²) in [5.41, 5.74) is 7.38. The Morgan fingerprint density at radius 2 is 2.07 bits per heavy atom. The summed E-state index contributed by atoms with van der Waals surface area (Å²) in [5.74, 6) is 0.440. The maximum Gasteiger partial charge on any atom is 0.151 e. The van der Waals surface area contributed by atoms with Gasteiger partial charge in [-0.3, -0.25) is 4.68 Å². The Bertz CT molecular complexity index is 449. The molecule has 0 amide bonds. The molecule has 15 heavy (non-hydrogen) atoms. The highest BCUT2D eigenvalue weighted by Gasteiger charge is 2.09. The summed E-state index contributed by atoms with van der Waals surface area (Å²) >= 11 is 0. The molecule has 2 N–H and O–H groups in total. The van der Waals surface area contributed by atoms with Crippen molar-refractivity contribution < 1.29 is 0 Å². The zero-order valence-electron chi connectivity index (χ0n) is 8.59. The van der Waals surface area contributed by atoms with Gasteiger partial charge in [0.2, 0.25) is 0 Å². The van der Waals surface area contributed by atoms with Crippen molar-refractivity contribution in [2.45, 2.75) is 19.9 Å². The molecule has 78 valence electrons. The molecular formula is C10H13N5. The van der Waals surface area contributed by atoms with Crippen LogP contribution in [0.25, 0.3) is 11.4 Å². The maximum atomic E-state index is 5.76. The highest BCUT2D eigenvalue weighted by molar-refractivity contribution is 5.65. The second-order valence-electron chi connectivity index (χ2n) is 3.23. The van der Waals surface area contributed by atoms with Gasteiger partial charge in [0, 0.05) is 25.1 Å². The first-order valence-corrected chi connectivity index (χ1v) is 4.91. The van der Waals surface area contributed by atoms with E-state index in [0.717, 1.165) is 18.7 Å². The SMILES string of the molecule is CCCn1nccc1-c1nccnc1N. The van der Waals surface area contributed by atoms with E-state index in [0.29, 0.717) is 11.5 Å². The molecule has 0 aliphatic heterocycles. The molecule has 0 unspecified atom stereocenters. The lowest BCUT2D eigenvalue weighted by atomic mass is 10.3. The van der Waals surface area contributed by atoms with Gasteiger partial charge in [-0.15, -0.1) is 0 Å². The number of hydrogen-bond acceptors (Lipinski definition) is 4. The third kappa shape index (κ3) is 1.81. The molecule has 0 bridgehead atoms. The molecule has 0 fully saturated rings. The van der Waals surface area contributed by atoms with Crippen molar-refractivity contribution in [3.63, 3.8) is 0 Å². The normalized spacial score (nSPS) is 10.5. The standard InChI is InChI=1S/C10H13N5/c1-2-7-15-8(3-4-14-15)9-10(11)13-6-5-12-9/h3-6H,2,7H2,1H3,(H2,11,13). The monoisotopic (exact) mass is 203 g/mol. The molecule has 0 aliphatic rings. The average Bonchev–Trinajstić information content (AvgIpc) is 2.67. The van der Waals surface area contributed by atoms with E-state index in [1.807, 2.05) is 10.7 Å². The van der Waals surface area contributed by atoms with E-state index in [1.54, 1.807) is 18.6 Å². The molecule has 0 radical (unpaired) electrons. The Labute approximate surface area is 88.0 Å². The van der Waals surface area contributed by atoms with Crippen molar-refractivity contribution >= 4 is 5.82 Å². The third-order valence-corrected chi connectivity index (χ3v) is 2.12. The molecule has 2 rings (SSSR count). The first kappa shape index (κ1) is 9.64. The Morgan fingerprint density at radius 1 is 1.27 bits per heavy atom. The van der Waals surface area contributed by atoms with Crippen molar-refractivity contribution in [3.05, 3.63) is 24.7 Å². The summed E-state index contributed by atoms with van der Waals surface area (Å²) in [7, 11) is 0. The predicted octanol–water partition coefficient (Wildman–Crippen LogP) is 1.33. The number of anilines is 1. The van der Waals surface area contributed by atoms with E-state index < -0.39 is 0 Å². The number of nitrogens with two attached hydrogens (primary N) is 1. The van der Waals surface area contributed by atoms with Gasteiger partial charge in [-0.2, -0.15) is 5.10 Å². The number of nitrogens with zero attached hydrogens (tertiary/aromatic N) is 4. The van der Waals surface area contributed by atoms with E-state index in [2.05, 4.69) is 22.0 Å². The summed E-state index contributed by atoms with van der Waals surface area (Å²) < 4.78 is 1.89. The molecular weight excluding hydrogens is 190 g/mol. The molecule has 0 saturated heterocycles. The second kappa shape index (κ2) is 4.08. The minimum absolute atomic E-state index is 0.440. The number of aryl methyl sites for hydroxylation is 1. The number of nitrogen functional groups attached to an aromatic ring is 1. The van der Waals surface area contributed by atoms with Crippen LogP contribution in [0.2, 0.25) is 0 Å². The van der Waals surface area contributed by atoms with Gasteiger partial charge < -0.3 is 5.73 Å². The van der Waals surface area contributed by atoms with Crippen LogP contribution >= 0.6 is 0 Å². The Morgan fingerprint density at radius 3 is 2.80 bits per heavy atom. The van der Waals surface area contributed by atoms with Crippen molar-refractivity contribution in [1.29, 1.82) is 0 Å². The van der Waals surface area contributed by atoms with Crippen LogP contribution in [0.15, 0.2) is 24.7 Å². The molecule has 2 aromatic rings. The first-order chi connectivity index (χ1) is 7.33. The minimum Gasteiger partial charge on any atom is -0.382 e. The highest BCUT2D eigenvalue weighted by Crippen LogP contribution is 2.20. The van der Waals surface area contributed by atoms with Crippen molar-refractivity contribution in [2.75, 3.05) is 5.73 Å². The molecule has 0 aliphatic carbocycles. The van der Waals surface area contributed by atoms with Gasteiger partial charge in [0.25, 0.3) is 0 Å². The molecule has 0 atom stereocenters. The topological polar surface area (TPSA) is 69.6 Å². The van der Waals surface area contributed by atoms with Crippen molar-refractivity contribution in [3.8, 4) is 11.4 Å². The molecule has 0 saturated carbocycles. The Balaban J connectivity index is 2.45. The zero-order chi connectivity index (χ0) is 10.7. The second-order valence-corrected chi connectivity index (χ2v) is 3.23. The van der Waals surface area contributed by atoms with E-state index in [-0.39, 0.29) is 0 Å². The largest absolute Gasteiger partial charge is 0.382 e. The number of hydrogen-bond donors (Lipinski definition) is 1. The third-order valence-electron chi connectivity index (χ3n) is 2.12. The lowest BCUT2D eigenvalue weighted by Gasteiger charge is -2.06. The fraction of sp³-hybridized carbons (Fsp3) is 0.300. The van der Waals surface area contributed by atoms with Crippen molar-refractivity contribution in [2.24, 2.45) is 0 Å². The average molecular weight is 203 g/mol. The first-order valence-electron chi connectivity index (χ1n) is 4.91. The predicted molar refractivity (Wildman–Crippen MR) is 58.0 cm³/mol. The number of rotatable bonds is 3. The van der Waals surface area contributed by atoms with Crippen LogP contribution in [-0.4, -0.2) is 19.7 Å². The van der Waals surface area contributed by atoms with Crippen molar-refractivity contribution in [1.82, 2.24) is 19.7 Å². The number of aromatic nitrogens is 4. The summed E-state index contributed by atoms with van der Waals surface area (Å²) in [4.78, 5) is 8.23. The van der Waals surface area contributed by atoms with Crippen LogP contribution < -0.4 is 5.73 Å². The van der Waals surface area contributed by atoms with Gasteiger partial charge in [-0.25, -0.2) is 9.97 Å². The smallest absolute Gasteiger partial charge is 0.151 e. The summed E-state index contributed by atoms with van der Waals surface area (Å²) in [6, 6.07) is 1.90. The minimum atomic E-state index is 0.440. The summed E-state index contributed by atoms with van der Waals surface area (Å²) in [6.45, 7) is 2.96. The van der Waals surface area contributed by atoms with E-state index >= 15 is 0 Å². The van der Waals surface area contributed by atoms with Crippen LogP contribution in [0.1, 0.15) is 13.3 Å². The van der Waals surface area contributed by atoms with Crippen LogP contribution in [0.5, 0.6) is 0 Å². The van der Waals surface area contributed by atoms with Crippen LogP contribution in [0, 0.1) is 0 Å². The van der Waals surface area contributed by atoms with Gasteiger partial charge in [-0.1, -0.05) is 6.92 Å². The fourth-order valence-electron chi connectivity index (χ4n) is 1.47. The molecule has 2 aromatic heterocycles. The summed E-state index contributed by atoms with van der Waals surface area (Å²) in [5, 5.41) is 4.22. The van der Waals surface area contributed by atoms with Gasteiger partial charge >= 0.3 is 0 Å². The van der Waals surface area contributed by atoms with E-state index in [1.165, 1.54) is 0 Å². The van der Waals surface area contributed by atoms with Crippen LogP contribution in [-0.2, 0) is 6.54 Å². The molecule has 0 spiro atoms. The Hall–Kier alpha value is -1.91. The zero-order valence-corrected chi connectivity index (χ0v) is 8.59. The van der Waals surface area contributed by atoms with E-state index in [4.69, 9.17) is 5.73 Å². The van der Waals surface area contributed by atoms with E-state index in [9.17, 15) is 0 Å². The van der Waals surface area contributed by atoms with Crippen LogP contribution in [0.3, 0.4) is 0 Å². The fourth-order valence-corrected chi connectivity index (χ4v) is 1.47. The molecule has 5 heteroatoms. The van der Waals surface area contributed by atoms with Gasteiger partial charge in [0.15, 0.2) is 5.82 Å². The highest BCUT2D eigenvalue weighted by atomic mass is 15.3.